The van der Waals surface area contributed by atoms with Gasteiger partial charge in [-0.05, 0) is 31.4 Å². The zero-order valence-electron chi connectivity index (χ0n) is 17.7. The Morgan fingerprint density at radius 2 is 2.10 bits per heavy atom. The van der Waals surface area contributed by atoms with Gasteiger partial charge in [0.1, 0.15) is 11.6 Å². The molecule has 1 aromatic heterocycles. The van der Waals surface area contributed by atoms with Crippen LogP contribution in [-0.4, -0.2) is 53.5 Å². The van der Waals surface area contributed by atoms with Crippen LogP contribution in [0.2, 0.25) is 0 Å². The summed E-state index contributed by atoms with van der Waals surface area (Å²) in [5, 5.41) is 15.4. The molecule has 1 fully saturated rings. The number of ether oxygens (including phenoxy) is 1. The summed E-state index contributed by atoms with van der Waals surface area (Å²) in [5.41, 5.74) is 0.682. The van der Waals surface area contributed by atoms with Crippen molar-refractivity contribution in [3.8, 4) is 5.75 Å². The maximum atomic E-state index is 12.7. The lowest BCUT2D eigenvalue weighted by molar-refractivity contribution is -0.0495. The van der Waals surface area contributed by atoms with Gasteiger partial charge >= 0.3 is 6.61 Å². The highest BCUT2D eigenvalue weighted by Crippen LogP contribution is 2.31. The summed E-state index contributed by atoms with van der Waals surface area (Å²) in [4.78, 5) is 6.39. The number of halogens is 2. The van der Waals surface area contributed by atoms with Gasteiger partial charge in [0.15, 0.2) is 11.8 Å². The molecule has 1 unspecified atom stereocenters. The highest BCUT2D eigenvalue weighted by molar-refractivity contribution is 5.80. The predicted octanol–water partition coefficient (Wildman–Crippen LogP) is 2.55. The molecule has 0 bridgehead atoms. The van der Waals surface area contributed by atoms with Gasteiger partial charge in [0.25, 0.3) is 0 Å². The second-order valence-electron chi connectivity index (χ2n) is 7.84. The van der Waals surface area contributed by atoms with Crippen molar-refractivity contribution in [3.05, 3.63) is 35.9 Å². The van der Waals surface area contributed by atoms with Crippen LogP contribution in [0.25, 0.3) is 0 Å². The first-order valence-corrected chi connectivity index (χ1v) is 10.8. The van der Waals surface area contributed by atoms with Crippen LogP contribution in [0.5, 0.6) is 5.75 Å². The Morgan fingerprint density at radius 3 is 2.94 bits per heavy atom. The van der Waals surface area contributed by atoms with Gasteiger partial charge in [-0.3, -0.25) is 4.99 Å². The van der Waals surface area contributed by atoms with Gasteiger partial charge in [0.05, 0.1) is 12.2 Å². The molecule has 10 heteroatoms. The molecule has 2 N–H and O–H groups in total. The molecule has 168 valence electrons. The summed E-state index contributed by atoms with van der Waals surface area (Å²) in [6, 6.07) is 7.05. The lowest BCUT2D eigenvalue weighted by Crippen LogP contribution is -2.44. The van der Waals surface area contributed by atoms with E-state index in [9.17, 15) is 8.78 Å². The minimum Gasteiger partial charge on any atom is -0.433 e. The van der Waals surface area contributed by atoms with Crippen LogP contribution in [0.3, 0.4) is 0 Å². The second-order valence-corrected chi connectivity index (χ2v) is 7.84. The number of hydrogen-bond donors (Lipinski definition) is 2. The Hall–Kier alpha value is -2.91. The Kier molecular flexibility index (Phi) is 6.83. The molecule has 2 aromatic rings. The van der Waals surface area contributed by atoms with Crippen molar-refractivity contribution in [1.29, 1.82) is 0 Å². The standard InChI is InChI=1S/C21H29F2N7O/c1-24-21(25-13-19-28-27-18-9-3-2-6-11-30(18)19)26-15-10-12-29(14-15)16-7-4-5-8-17(16)31-20(22)23/h4-5,7-8,15,20H,2-3,6,9-14H2,1H3,(H2,24,25,26). The molecule has 31 heavy (non-hydrogen) atoms. The molecule has 0 saturated carbocycles. The molecule has 1 aromatic carbocycles. The van der Waals surface area contributed by atoms with Crippen LogP contribution >= 0.6 is 0 Å². The topological polar surface area (TPSA) is 79.6 Å². The molecule has 2 aliphatic rings. The Labute approximate surface area is 180 Å². The first-order chi connectivity index (χ1) is 15.1. The highest BCUT2D eigenvalue weighted by Gasteiger charge is 2.26. The molecule has 3 heterocycles. The van der Waals surface area contributed by atoms with Gasteiger partial charge in [0, 0.05) is 39.1 Å². The molecule has 0 aliphatic carbocycles. The van der Waals surface area contributed by atoms with Crippen molar-refractivity contribution in [3.63, 3.8) is 0 Å². The Morgan fingerprint density at radius 1 is 1.23 bits per heavy atom. The van der Waals surface area contributed by atoms with Crippen molar-refractivity contribution in [2.24, 2.45) is 4.99 Å². The van der Waals surface area contributed by atoms with Crippen molar-refractivity contribution < 1.29 is 13.5 Å². The maximum Gasteiger partial charge on any atom is 0.387 e. The zero-order valence-corrected chi connectivity index (χ0v) is 17.7. The average Bonchev–Trinajstić information content (AvgIpc) is 3.31. The van der Waals surface area contributed by atoms with Gasteiger partial charge < -0.3 is 24.8 Å². The third kappa shape index (κ3) is 5.23. The first-order valence-electron chi connectivity index (χ1n) is 10.8. The van der Waals surface area contributed by atoms with E-state index in [1.54, 1.807) is 19.2 Å². The van der Waals surface area contributed by atoms with E-state index < -0.39 is 6.61 Å². The third-order valence-corrected chi connectivity index (χ3v) is 5.77. The molecule has 1 saturated heterocycles. The number of para-hydroxylation sites is 2. The number of anilines is 1. The van der Waals surface area contributed by atoms with E-state index in [1.165, 1.54) is 12.8 Å². The summed E-state index contributed by atoms with van der Waals surface area (Å²) in [6.07, 6.45) is 5.39. The van der Waals surface area contributed by atoms with Gasteiger partial charge in [0.2, 0.25) is 0 Å². The zero-order chi connectivity index (χ0) is 21.6. The summed E-state index contributed by atoms with van der Waals surface area (Å²) < 4.78 is 32.3. The number of rotatable bonds is 6. The van der Waals surface area contributed by atoms with E-state index in [0.717, 1.165) is 44.0 Å². The van der Waals surface area contributed by atoms with Gasteiger partial charge in [-0.1, -0.05) is 18.6 Å². The largest absolute Gasteiger partial charge is 0.433 e. The Balaban J connectivity index is 1.33. The monoisotopic (exact) mass is 433 g/mol. The quantitative estimate of drug-likeness (QED) is 0.539. The van der Waals surface area contributed by atoms with Crippen molar-refractivity contribution in [1.82, 2.24) is 25.4 Å². The fourth-order valence-electron chi connectivity index (χ4n) is 4.24. The van der Waals surface area contributed by atoms with Crippen molar-refractivity contribution >= 4 is 11.6 Å². The molecule has 2 aliphatic heterocycles. The molecule has 1 atom stereocenters. The smallest absolute Gasteiger partial charge is 0.387 e. The van der Waals surface area contributed by atoms with Crippen molar-refractivity contribution in [2.45, 2.75) is 57.8 Å². The molecule has 0 radical (unpaired) electrons. The van der Waals surface area contributed by atoms with E-state index >= 15 is 0 Å². The van der Waals surface area contributed by atoms with Crippen LogP contribution in [0.15, 0.2) is 29.3 Å². The summed E-state index contributed by atoms with van der Waals surface area (Å²) in [6.45, 7) is 0.0885. The van der Waals surface area contributed by atoms with Crippen molar-refractivity contribution in [2.75, 3.05) is 25.0 Å². The minimum atomic E-state index is -2.84. The summed E-state index contributed by atoms with van der Waals surface area (Å²) >= 11 is 0. The number of benzene rings is 1. The van der Waals surface area contributed by atoms with E-state index in [4.69, 9.17) is 0 Å². The molecule has 0 spiro atoms. The van der Waals surface area contributed by atoms with E-state index in [2.05, 4.69) is 40.0 Å². The first kappa shape index (κ1) is 21.3. The molecule has 4 rings (SSSR count). The predicted molar refractivity (Wildman–Crippen MR) is 115 cm³/mol. The number of aliphatic imine (C=N–C) groups is 1. The lowest BCUT2D eigenvalue weighted by atomic mass is 10.2. The molecular formula is C21H29F2N7O. The Bertz CT molecular complexity index is 902. The van der Waals surface area contributed by atoms with Gasteiger partial charge in [-0.2, -0.15) is 8.78 Å². The number of nitrogens with one attached hydrogen (secondary N) is 2. The number of alkyl halides is 2. The van der Waals surface area contributed by atoms with Crippen LogP contribution < -0.4 is 20.3 Å². The van der Waals surface area contributed by atoms with Crippen LogP contribution in [0.4, 0.5) is 14.5 Å². The SMILES string of the molecule is CN=C(NCc1nnc2n1CCCCC2)NC1CCN(c2ccccc2OC(F)F)C1. The van der Waals surface area contributed by atoms with Gasteiger partial charge in [-0.15, -0.1) is 10.2 Å². The van der Waals surface area contributed by atoms with Gasteiger partial charge in [-0.25, -0.2) is 0 Å². The number of nitrogens with zero attached hydrogens (tertiary/aromatic N) is 5. The third-order valence-electron chi connectivity index (χ3n) is 5.77. The average molecular weight is 434 g/mol. The van der Waals surface area contributed by atoms with Crippen LogP contribution in [0, 0.1) is 0 Å². The number of guanidine groups is 1. The number of aromatic nitrogens is 3. The fourth-order valence-corrected chi connectivity index (χ4v) is 4.24. The lowest BCUT2D eigenvalue weighted by Gasteiger charge is -2.22. The number of aryl methyl sites for hydroxylation is 1. The van der Waals surface area contributed by atoms with E-state index in [-0.39, 0.29) is 11.8 Å². The number of fused-ring (bicyclic) bond motifs is 1. The molecule has 8 nitrogen and oxygen atoms in total. The fraction of sp³-hybridized carbons (Fsp3) is 0.571. The van der Waals surface area contributed by atoms with Crippen LogP contribution in [0.1, 0.15) is 37.3 Å². The summed E-state index contributed by atoms with van der Waals surface area (Å²) in [7, 11) is 1.73. The molecular weight excluding hydrogens is 404 g/mol. The van der Waals surface area contributed by atoms with E-state index in [1.807, 2.05) is 12.1 Å². The number of hydrogen-bond acceptors (Lipinski definition) is 5. The maximum absolute atomic E-state index is 12.7. The normalized spacial score (nSPS) is 19.3. The summed E-state index contributed by atoms with van der Waals surface area (Å²) in [5.74, 6) is 2.88. The molecule has 0 amide bonds. The van der Waals surface area contributed by atoms with E-state index in [0.29, 0.717) is 24.7 Å². The second kappa shape index (κ2) is 9.93. The van der Waals surface area contributed by atoms with Crippen LogP contribution in [-0.2, 0) is 19.5 Å². The minimum absolute atomic E-state index is 0.140. The highest BCUT2D eigenvalue weighted by atomic mass is 19.3.